The lowest BCUT2D eigenvalue weighted by Crippen LogP contribution is -2.29. The SMILES string of the molecule is COc1ccc(SN2CCOc3nc([N+](=O)[O-])cn3CC2)cc1. The van der Waals surface area contributed by atoms with Gasteiger partial charge in [0.15, 0.2) is 0 Å². The van der Waals surface area contributed by atoms with Crippen LogP contribution in [-0.4, -0.2) is 45.6 Å². The van der Waals surface area contributed by atoms with Crippen molar-refractivity contribution in [2.75, 3.05) is 26.8 Å². The van der Waals surface area contributed by atoms with Gasteiger partial charge in [0.25, 0.3) is 0 Å². The molecular weight excluding hydrogens is 320 g/mol. The minimum Gasteiger partial charge on any atom is -0.497 e. The molecule has 1 aromatic carbocycles. The van der Waals surface area contributed by atoms with Crippen LogP contribution in [0.3, 0.4) is 0 Å². The standard InChI is InChI=1S/C14H16N4O4S/c1-21-11-2-4-12(5-3-11)23-17-7-6-16-10-13(18(19)20)15-14(16)22-9-8-17/h2-5,10H,6-9H2,1H3. The molecule has 3 rings (SSSR count). The van der Waals surface area contributed by atoms with Gasteiger partial charge < -0.3 is 19.6 Å². The van der Waals surface area contributed by atoms with Crippen LogP contribution >= 0.6 is 11.9 Å². The van der Waals surface area contributed by atoms with Crippen LogP contribution in [0.2, 0.25) is 0 Å². The van der Waals surface area contributed by atoms with Crippen LogP contribution in [0.4, 0.5) is 5.82 Å². The third kappa shape index (κ3) is 3.74. The summed E-state index contributed by atoms with van der Waals surface area (Å²) in [4.78, 5) is 15.3. The van der Waals surface area contributed by atoms with E-state index in [-0.39, 0.29) is 5.82 Å². The van der Waals surface area contributed by atoms with Crippen LogP contribution in [0.5, 0.6) is 11.8 Å². The summed E-state index contributed by atoms with van der Waals surface area (Å²) in [7, 11) is 1.64. The molecule has 0 aliphatic carbocycles. The van der Waals surface area contributed by atoms with E-state index in [4.69, 9.17) is 9.47 Å². The van der Waals surface area contributed by atoms with Gasteiger partial charge in [-0.3, -0.25) is 4.57 Å². The Morgan fingerprint density at radius 3 is 2.78 bits per heavy atom. The number of fused-ring (bicyclic) bond motifs is 1. The Morgan fingerprint density at radius 1 is 1.30 bits per heavy atom. The van der Waals surface area contributed by atoms with Crippen molar-refractivity contribution in [3.8, 4) is 11.8 Å². The highest BCUT2D eigenvalue weighted by atomic mass is 32.2. The molecule has 0 unspecified atom stereocenters. The third-order valence-corrected chi connectivity index (χ3v) is 4.48. The first-order chi connectivity index (χ1) is 11.2. The molecule has 1 aliphatic heterocycles. The molecule has 8 nitrogen and oxygen atoms in total. The maximum Gasteiger partial charge on any atom is 0.414 e. The molecule has 9 heteroatoms. The van der Waals surface area contributed by atoms with Gasteiger partial charge in [0, 0.05) is 29.5 Å². The lowest BCUT2D eigenvalue weighted by molar-refractivity contribution is -0.389. The Morgan fingerprint density at radius 2 is 2.09 bits per heavy atom. The van der Waals surface area contributed by atoms with Gasteiger partial charge in [0.2, 0.25) is 0 Å². The summed E-state index contributed by atoms with van der Waals surface area (Å²) in [6, 6.07) is 8.14. The molecule has 0 spiro atoms. The van der Waals surface area contributed by atoms with Crippen LogP contribution in [0, 0.1) is 10.1 Å². The van der Waals surface area contributed by atoms with E-state index >= 15 is 0 Å². The fourth-order valence-corrected chi connectivity index (χ4v) is 3.09. The number of benzene rings is 1. The molecule has 0 saturated carbocycles. The predicted octanol–water partition coefficient (Wildman–Crippen LogP) is 2.20. The van der Waals surface area contributed by atoms with Gasteiger partial charge in [-0.05, 0) is 41.1 Å². The third-order valence-electron chi connectivity index (χ3n) is 3.37. The van der Waals surface area contributed by atoms with Gasteiger partial charge in [-0.25, -0.2) is 4.31 Å². The lowest BCUT2D eigenvalue weighted by Gasteiger charge is -2.23. The quantitative estimate of drug-likeness (QED) is 0.481. The van der Waals surface area contributed by atoms with Crippen molar-refractivity contribution >= 4 is 17.8 Å². The number of hydrogen-bond acceptors (Lipinski definition) is 7. The van der Waals surface area contributed by atoms with E-state index in [9.17, 15) is 10.1 Å². The normalized spacial score (nSPS) is 15.2. The highest BCUT2D eigenvalue weighted by Crippen LogP contribution is 2.26. The van der Waals surface area contributed by atoms with E-state index in [2.05, 4.69) is 9.29 Å². The van der Waals surface area contributed by atoms with Gasteiger partial charge in [0.05, 0.1) is 7.11 Å². The molecule has 2 heterocycles. The maximum absolute atomic E-state index is 10.8. The van der Waals surface area contributed by atoms with Crippen molar-refractivity contribution in [3.05, 3.63) is 40.6 Å². The molecule has 122 valence electrons. The summed E-state index contributed by atoms with van der Waals surface area (Å²) in [5.74, 6) is 0.636. The first kappa shape index (κ1) is 15.6. The number of aromatic nitrogens is 2. The fourth-order valence-electron chi connectivity index (χ4n) is 2.20. The van der Waals surface area contributed by atoms with Gasteiger partial charge in [-0.1, -0.05) is 0 Å². The Balaban J connectivity index is 1.65. The van der Waals surface area contributed by atoms with Crippen LogP contribution in [0.15, 0.2) is 35.4 Å². The Kier molecular flexibility index (Phi) is 4.68. The van der Waals surface area contributed by atoms with Crippen molar-refractivity contribution in [2.45, 2.75) is 11.4 Å². The minimum absolute atomic E-state index is 0.184. The molecule has 0 amide bonds. The van der Waals surface area contributed by atoms with E-state index in [0.717, 1.165) is 17.2 Å². The van der Waals surface area contributed by atoms with Gasteiger partial charge >= 0.3 is 11.8 Å². The molecule has 0 N–H and O–H groups in total. The second kappa shape index (κ2) is 6.88. The van der Waals surface area contributed by atoms with Crippen LogP contribution in [0.1, 0.15) is 0 Å². The fraction of sp³-hybridized carbons (Fsp3) is 0.357. The smallest absolute Gasteiger partial charge is 0.414 e. The first-order valence-electron chi connectivity index (χ1n) is 7.07. The van der Waals surface area contributed by atoms with E-state index in [1.165, 1.54) is 6.20 Å². The number of rotatable bonds is 4. The largest absolute Gasteiger partial charge is 0.497 e. The van der Waals surface area contributed by atoms with E-state index < -0.39 is 4.92 Å². The molecule has 0 atom stereocenters. The number of imidazole rings is 1. The average Bonchev–Trinajstić information content (AvgIpc) is 2.93. The maximum atomic E-state index is 10.8. The Labute approximate surface area is 137 Å². The molecule has 1 aromatic heterocycles. The number of hydrogen-bond donors (Lipinski definition) is 0. The number of nitrogens with zero attached hydrogens (tertiary/aromatic N) is 4. The lowest BCUT2D eigenvalue weighted by atomic mass is 10.3. The summed E-state index contributed by atoms with van der Waals surface area (Å²) in [5.41, 5.74) is 0. The highest BCUT2D eigenvalue weighted by molar-refractivity contribution is 7.97. The summed E-state index contributed by atoms with van der Waals surface area (Å²) < 4.78 is 14.5. The summed E-state index contributed by atoms with van der Waals surface area (Å²) in [6.07, 6.45) is 1.41. The van der Waals surface area contributed by atoms with Gasteiger partial charge in [0.1, 0.15) is 18.6 Å². The van der Waals surface area contributed by atoms with Crippen molar-refractivity contribution in [3.63, 3.8) is 0 Å². The molecule has 2 aromatic rings. The van der Waals surface area contributed by atoms with Crippen molar-refractivity contribution in [1.29, 1.82) is 0 Å². The molecule has 0 saturated heterocycles. The van der Waals surface area contributed by atoms with Gasteiger partial charge in [-0.15, -0.1) is 0 Å². The second-order valence-corrected chi connectivity index (χ2v) is 6.05. The van der Waals surface area contributed by atoms with E-state index in [1.807, 2.05) is 24.3 Å². The van der Waals surface area contributed by atoms with Gasteiger partial charge in [-0.2, -0.15) is 0 Å². The van der Waals surface area contributed by atoms with Crippen molar-refractivity contribution in [2.24, 2.45) is 0 Å². The topological polar surface area (TPSA) is 82.7 Å². The monoisotopic (exact) mass is 336 g/mol. The molecule has 0 bridgehead atoms. The Hall–Kier alpha value is -2.26. The van der Waals surface area contributed by atoms with E-state index in [0.29, 0.717) is 25.7 Å². The minimum atomic E-state index is -0.509. The number of ether oxygens (including phenoxy) is 2. The summed E-state index contributed by atoms with van der Waals surface area (Å²) in [6.45, 7) is 2.45. The van der Waals surface area contributed by atoms with Crippen molar-refractivity contribution < 1.29 is 14.4 Å². The highest BCUT2D eigenvalue weighted by Gasteiger charge is 2.23. The van der Waals surface area contributed by atoms with Crippen LogP contribution in [0.25, 0.3) is 0 Å². The molecule has 23 heavy (non-hydrogen) atoms. The van der Waals surface area contributed by atoms with Crippen molar-refractivity contribution in [1.82, 2.24) is 13.9 Å². The second-order valence-electron chi connectivity index (χ2n) is 4.88. The average molecular weight is 336 g/mol. The summed E-state index contributed by atoms with van der Waals surface area (Å²) in [5, 5.41) is 10.8. The molecule has 1 aliphatic rings. The first-order valence-corrected chi connectivity index (χ1v) is 7.84. The zero-order valence-electron chi connectivity index (χ0n) is 12.5. The zero-order chi connectivity index (χ0) is 16.2. The van der Waals surface area contributed by atoms with E-state index in [1.54, 1.807) is 23.6 Å². The molecule has 0 fully saturated rings. The summed E-state index contributed by atoms with van der Waals surface area (Å²) >= 11 is 1.62. The number of methoxy groups -OCH3 is 1. The Bertz CT molecular complexity index is 689. The van der Waals surface area contributed by atoms with Crippen LogP contribution < -0.4 is 9.47 Å². The zero-order valence-corrected chi connectivity index (χ0v) is 13.4. The molecular formula is C14H16N4O4S. The number of nitro groups is 1. The predicted molar refractivity (Wildman–Crippen MR) is 84.8 cm³/mol. The molecule has 0 radical (unpaired) electrons. The van der Waals surface area contributed by atoms with Crippen LogP contribution in [-0.2, 0) is 6.54 Å².